The second-order valence-electron chi connectivity index (χ2n) is 5.51. The molecule has 2 aromatic carbocycles. The van der Waals surface area contributed by atoms with Gasteiger partial charge in [0.1, 0.15) is 5.75 Å². The van der Waals surface area contributed by atoms with Gasteiger partial charge in [-0.1, -0.05) is 42.5 Å². The van der Waals surface area contributed by atoms with Gasteiger partial charge in [-0.05, 0) is 37.2 Å². The van der Waals surface area contributed by atoms with Crippen molar-refractivity contribution in [2.75, 3.05) is 27.2 Å². The number of nitrogens with one attached hydrogen (secondary N) is 1. The van der Waals surface area contributed by atoms with E-state index in [1.54, 1.807) is 18.9 Å². The normalized spacial score (nSPS) is 11.3. The Morgan fingerprint density at radius 3 is 2.25 bits per heavy atom. The van der Waals surface area contributed by atoms with E-state index in [1.165, 1.54) is 0 Å². The molecule has 0 aliphatic rings. The van der Waals surface area contributed by atoms with Crippen LogP contribution in [0.5, 0.6) is 5.75 Å². The first-order valence-electron chi connectivity index (χ1n) is 7.83. The SMILES string of the molecule is CNCCN(C)C(=O)C(C)Oc1ccc(-c2ccccc2)cc1.Cl. The number of halogens is 1. The second-order valence-corrected chi connectivity index (χ2v) is 5.51. The number of benzene rings is 2. The Morgan fingerprint density at radius 1 is 1.08 bits per heavy atom. The molecule has 2 rings (SSSR count). The van der Waals surface area contributed by atoms with Crippen molar-refractivity contribution in [3.05, 3.63) is 54.6 Å². The van der Waals surface area contributed by atoms with Gasteiger partial charge in [0, 0.05) is 20.1 Å². The quantitative estimate of drug-likeness (QED) is 0.835. The Bertz CT molecular complexity index is 617. The fraction of sp³-hybridized carbons (Fsp3) is 0.316. The lowest BCUT2D eigenvalue weighted by molar-refractivity contribution is -0.136. The molecule has 1 N–H and O–H groups in total. The molecule has 0 radical (unpaired) electrons. The smallest absolute Gasteiger partial charge is 0.263 e. The summed E-state index contributed by atoms with van der Waals surface area (Å²) in [5.41, 5.74) is 2.29. The molecule has 0 saturated carbocycles. The highest BCUT2D eigenvalue weighted by atomic mass is 35.5. The van der Waals surface area contributed by atoms with E-state index < -0.39 is 6.10 Å². The summed E-state index contributed by atoms with van der Waals surface area (Å²) in [6, 6.07) is 18.0. The fourth-order valence-electron chi connectivity index (χ4n) is 2.31. The minimum atomic E-state index is -0.501. The van der Waals surface area contributed by atoms with E-state index in [9.17, 15) is 4.79 Å². The summed E-state index contributed by atoms with van der Waals surface area (Å²) in [4.78, 5) is 13.9. The Morgan fingerprint density at radius 2 is 1.67 bits per heavy atom. The molecule has 1 unspecified atom stereocenters. The zero-order valence-electron chi connectivity index (χ0n) is 14.4. The van der Waals surface area contributed by atoms with Crippen LogP contribution >= 0.6 is 12.4 Å². The monoisotopic (exact) mass is 348 g/mol. The topological polar surface area (TPSA) is 41.6 Å². The number of carbonyl (C=O) groups is 1. The lowest BCUT2D eigenvalue weighted by Gasteiger charge is -2.22. The summed E-state index contributed by atoms with van der Waals surface area (Å²) in [6.45, 7) is 3.21. The van der Waals surface area contributed by atoms with Gasteiger partial charge in [-0.3, -0.25) is 4.79 Å². The van der Waals surface area contributed by atoms with Gasteiger partial charge >= 0.3 is 0 Å². The molecule has 1 atom stereocenters. The summed E-state index contributed by atoms with van der Waals surface area (Å²) >= 11 is 0. The second kappa shape index (κ2) is 9.96. The van der Waals surface area contributed by atoms with Crippen molar-refractivity contribution in [1.29, 1.82) is 0 Å². The van der Waals surface area contributed by atoms with Crippen molar-refractivity contribution in [1.82, 2.24) is 10.2 Å². The largest absolute Gasteiger partial charge is 0.481 e. The highest BCUT2D eigenvalue weighted by Crippen LogP contribution is 2.22. The van der Waals surface area contributed by atoms with E-state index in [0.29, 0.717) is 12.3 Å². The lowest BCUT2D eigenvalue weighted by Crippen LogP contribution is -2.40. The van der Waals surface area contributed by atoms with Gasteiger partial charge in [0.05, 0.1) is 0 Å². The molecule has 5 heteroatoms. The van der Waals surface area contributed by atoms with Gasteiger partial charge in [0.15, 0.2) is 6.10 Å². The van der Waals surface area contributed by atoms with Crippen LogP contribution in [-0.4, -0.2) is 44.1 Å². The van der Waals surface area contributed by atoms with E-state index in [1.807, 2.05) is 49.5 Å². The van der Waals surface area contributed by atoms with Crippen molar-refractivity contribution in [2.45, 2.75) is 13.0 Å². The molecule has 24 heavy (non-hydrogen) atoms. The number of nitrogens with zero attached hydrogens (tertiary/aromatic N) is 1. The van der Waals surface area contributed by atoms with Crippen molar-refractivity contribution in [2.24, 2.45) is 0 Å². The van der Waals surface area contributed by atoms with Gasteiger partial charge in [-0.15, -0.1) is 12.4 Å². The van der Waals surface area contributed by atoms with E-state index >= 15 is 0 Å². The summed E-state index contributed by atoms with van der Waals surface area (Å²) in [7, 11) is 3.66. The van der Waals surface area contributed by atoms with Gasteiger partial charge in [-0.2, -0.15) is 0 Å². The molecular weight excluding hydrogens is 324 g/mol. The van der Waals surface area contributed by atoms with Crippen LogP contribution < -0.4 is 10.1 Å². The summed E-state index contributed by atoms with van der Waals surface area (Å²) in [5.74, 6) is 0.680. The zero-order chi connectivity index (χ0) is 16.7. The molecule has 0 saturated heterocycles. The van der Waals surface area contributed by atoms with Crippen LogP contribution in [0, 0.1) is 0 Å². The van der Waals surface area contributed by atoms with Crippen LogP contribution in [0.1, 0.15) is 6.92 Å². The van der Waals surface area contributed by atoms with Crippen molar-refractivity contribution >= 4 is 18.3 Å². The minimum Gasteiger partial charge on any atom is -0.481 e. The van der Waals surface area contributed by atoms with E-state index in [-0.39, 0.29) is 18.3 Å². The number of rotatable bonds is 7. The molecule has 0 fully saturated rings. The Kier molecular flexibility index (Phi) is 8.30. The first kappa shape index (κ1) is 20.0. The van der Waals surface area contributed by atoms with Crippen molar-refractivity contribution in [3.8, 4) is 16.9 Å². The van der Waals surface area contributed by atoms with Crippen molar-refractivity contribution < 1.29 is 9.53 Å². The van der Waals surface area contributed by atoms with Crippen molar-refractivity contribution in [3.63, 3.8) is 0 Å². The Balaban J connectivity index is 0.00000288. The first-order chi connectivity index (χ1) is 11.1. The standard InChI is InChI=1S/C19H24N2O2.ClH/c1-15(19(22)21(3)14-13-20-2)23-18-11-9-17(10-12-18)16-7-5-4-6-8-16;/h4-12,15,20H,13-14H2,1-3H3;1H. The predicted molar refractivity (Wildman–Crippen MR) is 101 cm³/mol. The van der Waals surface area contributed by atoms with Crippen LogP contribution in [0.3, 0.4) is 0 Å². The number of carbonyl (C=O) groups excluding carboxylic acids is 1. The molecule has 2 aromatic rings. The van der Waals surface area contributed by atoms with E-state index in [4.69, 9.17) is 4.74 Å². The van der Waals surface area contributed by atoms with E-state index in [2.05, 4.69) is 17.4 Å². The maximum atomic E-state index is 12.2. The third-order valence-corrected chi connectivity index (χ3v) is 3.70. The number of hydrogen-bond donors (Lipinski definition) is 1. The Labute approximate surface area is 150 Å². The number of likely N-dealkylation sites (N-methyl/N-ethyl adjacent to an activating group) is 2. The number of amides is 1. The van der Waals surface area contributed by atoms with Crippen LogP contribution in [-0.2, 0) is 4.79 Å². The molecule has 4 nitrogen and oxygen atoms in total. The molecule has 0 spiro atoms. The summed E-state index contributed by atoms with van der Waals surface area (Å²) in [5, 5.41) is 3.03. The van der Waals surface area contributed by atoms with Gasteiger partial charge in [0.2, 0.25) is 0 Å². The maximum absolute atomic E-state index is 12.2. The van der Waals surface area contributed by atoms with Crippen LogP contribution in [0.4, 0.5) is 0 Å². The van der Waals surface area contributed by atoms with E-state index in [0.717, 1.165) is 17.7 Å². The number of hydrogen-bond acceptors (Lipinski definition) is 3. The molecule has 0 heterocycles. The lowest BCUT2D eigenvalue weighted by atomic mass is 10.1. The molecule has 130 valence electrons. The maximum Gasteiger partial charge on any atom is 0.263 e. The third kappa shape index (κ3) is 5.55. The molecule has 0 bridgehead atoms. The molecule has 1 amide bonds. The predicted octanol–water partition coefficient (Wildman–Crippen LogP) is 3.22. The average Bonchev–Trinajstić information content (AvgIpc) is 2.60. The highest BCUT2D eigenvalue weighted by Gasteiger charge is 2.18. The van der Waals surface area contributed by atoms with Crippen LogP contribution in [0.15, 0.2) is 54.6 Å². The molecule has 0 aliphatic heterocycles. The van der Waals surface area contributed by atoms with Gasteiger partial charge in [-0.25, -0.2) is 0 Å². The Hall–Kier alpha value is -2.04. The third-order valence-electron chi connectivity index (χ3n) is 3.70. The highest BCUT2D eigenvalue weighted by molar-refractivity contribution is 5.85. The summed E-state index contributed by atoms with van der Waals surface area (Å²) in [6.07, 6.45) is -0.501. The average molecular weight is 349 g/mol. The van der Waals surface area contributed by atoms with Crippen LogP contribution in [0.2, 0.25) is 0 Å². The first-order valence-corrected chi connectivity index (χ1v) is 7.83. The fourth-order valence-corrected chi connectivity index (χ4v) is 2.31. The number of ether oxygens (including phenoxy) is 1. The molecule has 0 aliphatic carbocycles. The molecule has 0 aromatic heterocycles. The molecular formula is C19H25ClN2O2. The minimum absolute atomic E-state index is 0. The zero-order valence-corrected chi connectivity index (χ0v) is 15.2. The van der Waals surface area contributed by atoms with Gasteiger partial charge < -0.3 is 15.0 Å². The van der Waals surface area contributed by atoms with Gasteiger partial charge in [0.25, 0.3) is 5.91 Å². The summed E-state index contributed by atoms with van der Waals surface area (Å²) < 4.78 is 5.76. The van der Waals surface area contributed by atoms with Crippen LogP contribution in [0.25, 0.3) is 11.1 Å².